The average molecular weight is 296 g/mol. The van der Waals surface area contributed by atoms with Gasteiger partial charge in [0.1, 0.15) is 17.3 Å². The fraction of sp³-hybridized carbons (Fsp3) is 0.0769. The van der Waals surface area contributed by atoms with Crippen LogP contribution in [-0.4, -0.2) is 0 Å². The molecule has 88 valence electrons. The lowest BCUT2D eigenvalue weighted by Crippen LogP contribution is -2.00. The van der Waals surface area contributed by atoms with Crippen molar-refractivity contribution in [3.05, 3.63) is 58.3 Å². The molecule has 17 heavy (non-hydrogen) atoms. The summed E-state index contributed by atoms with van der Waals surface area (Å²) in [6, 6.07) is 11.5. The molecule has 0 atom stereocenters. The summed E-state index contributed by atoms with van der Waals surface area (Å²) in [7, 11) is 0. The summed E-state index contributed by atoms with van der Waals surface area (Å²) in [5, 5.41) is 0. The molecule has 0 aliphatic carbocycles. The molecular weight excluding hydrogens is 285 g/mol. The second-order valence-electron chi connectivity index (χ2n) is 3.48. The van der Waals surface area contributed by atoms with Crippen LogP contribution in [0.15, 0.2) is 46.9 Å². The molecule has 0 spiro atoms. The maximum absolute atomic E-state index is 12.8. The summed E-state index contributed by atoms with van der Waals surface area (Å²) in [5.41, 5.74) is 6.55. The molecule has 0 aliphatic rings. The van der Waals surface area contributed by atoms with Gasteiger partial charge in [0.2, 0.25) is 0 Å². The Morgan fingerprint density at radius 2 is 1.82 bits per heavy atom. The molecule has 0 aromatic heterocycles. The van der Waals surface area contributed by atoms with Crippen LogP contribution >= 0.6 is 15.9 Å². The Morgan fingerprint density at radius 3 is 2.47 bits per heavy atom. The van der Waals surface area contributed by atoms with Gasteiger partial charge >= 0.3 is 0 Å². The van der Waals surface area contributed by atoms with E-state index in [0.717, 1.165) is 10.0 Å². The smallest absolute Gasteiger partial charge is 0.133 e. The van der Waals surface area contributed by atoms with Crippen molar-refractivity contribution in [3.8, 4) is 11.5 Å². The van der Waals surface area contributed by atoms with Crippen molar-refractivity contribution in [2.75, 3.05) is 0 Å². The molecule has 0 heterocycles. The third kappa shape index (κ3) is 2.84. The highest BCUT2D eigenvalue weighted by molar-refractivity contribution is 9.10. The monoisotopic (exact) mass is 295 g/mol. The Hall–Kier alpha value is -1.39. The predicted molar refractivity (Wildman–Crippen MR) is 68.5 cm³/mol. The Bertz CT molecular complexity index is 513. The van der Waals surface area contributed by atoms with E-state index >= 15 is 0 Å². The summed E-state index contributed by atoms with van der Waals surface area (Å²) >= 11 is 3.41. The first kappa shape index (κ1) is 12.1. The lowest BCUT2D eigenvalue weighted by Gasteiger charge is -2.11. The summed E-state index contributed by atoms with van der Waals surface area (Å²) in [6.07, 6.45) is 0. The van der Waals surface area contributed by atoms with Crippen LogP contribution < -0.4 is 10.5 Å². The van der Waals surface area contributed by atoms with Crippen LogP contribution in [-0.2, 0) is 6.54 Å². The van der Waals surface area contributed by atoms with Gasteiger partial charge in [0.05, 0.1) is 0 Å². The van der Waals surface area contributed by atoms with E-state index in [1.165, 1.54) is 12.1 Å². The van der Waals surface area contributed by atoms with Crippen molar-refractivity contribution in [1.82, 2.24) is 0 Å². The second-order valence-corrected chi connectivity index (χ2v) is 4.33. The van der Waals surface area contributed by atoms with E-state index in [0.29, 0.717) is 18.0 Å². The molecule has 0 saturated carbocycles. The number of hydrogen-bond donors (Lipinski definition) is 1. The number of ether oxygens (including phenoxy) is 1. The highest BCUT2D eigenvalue weighted by atomic mass is 79.9. The van der Waals surface area contributed by atoms with E-state index in [1.54, 1.807) is 12.1 Å². The molecule has 0 unspecified atom stereocenters. The minimum atomic E-state index is -0.286. The van der Waals surface area contributed by atoms with Gasteiger partial charge in [-0.3, -0.25) is 0 Å². The van der Waals surface area contributed by atoms with E-state index in [4.69, 9.17) is 10.5 Å². The van der Waals surface area contributed by atoms with Crippen LogP contribution in [0.5, 0.6) is 11.5 Å². The maximum atomic E-state index is 12.8. The minimum Gasteiger partial charge on any atom is -0.457 e. The zero-order chi connectivity index (χ0) is 12.3. The number of hydrogen-bond acceptors (Lipinski definition) is 2. The molecule has 2 aromatic carbocycles. The maximum Gasteiger partial charge on any atom is 0.133 e. The first-order valence-electron chi connectivity index (χ1n) is 5.11. The number of rotatable bonds is 3. The normalized spacial score (nSPS) is 10.3. The topological polar surface area (TPSA) is 35.2 Å². The Labute approximate surface area is 107 Å². The van der Waals surface area contributed by atoms with Gasteiger partial charge in [-0.2, -0.15) is 0 Å². The summed E-state index contributed by atoms with van der Waals surface area (Å²) in [6.45, 7) is 0.373. The van der Waals surface area contributed by atoms with Gasteiger partial charge in [0.25, 0.3) is 0 Å². The van der Waals surface area contributed by atoms with E-state index in [9.17, 15) is 4.39 Å². The van der Waals surface area contributed by atoms with Crippen molar-refractivity contribution in [2.24, 2.45) is 5.73 Å². The Kier molecular flexibility index (Phi) is 3.76. The summed E-state index contributed by atoms with van der Waals surface area (Å²) < 4.78 is 19.3. The van der Waals surface area contributed by atoms with Crippen LogP contribution in [0.3, 0.4) is 0 Å². The molecule has 2 rings (SSSR count). The minimum absolute atomic E-state index is 0.286. The zero-order valence-electron chi connectivity index (χ0n) is 8.99. The van der Waals surface area contributed by atoms with Gasteiger partial charge in [-0.15, -0.1) is 0 Å². The number of benzene rings is 2. The van der Waals surface area contributed by atoms with Crippen molar-refractivity contribution >= 4 is 15.9 Å². The first-order valence-corrected chi connectivity index (χ1v) is 5.91. The second kappa shape index (κ2) is 5.29. The fourth-order valence-electron chi connectivity index (χ4n) is 1.46. The van der Waals surface area contributed by atoms with E-state index in [2.05, 4.69) is 15.9 Å². The molecule has 2 N–H and O–H groups in total. The van der Waals surface area contributed by atoms with Crippen LogP contribution in [0.4, 0.5) is 4.39 Å². The molecule has 0 bridgehead atoms. The highest BCUT2D eigenvalue weighted by Crippen LogP contribution is 2.30. The summed E-state index contributed by atoms with van der Waals surface area (Å²) in [5.74, 6) is 0.971. The number of halogens is 2. The molecule has 0 radical (unpaired) electrons. The molecule has 0 aliphatic heterocycles. The van der Waals surface area contributed by atoms with Gasteiger partial charge in [-0.25, -0.2) is 4.39 Å². The van der Waals surface area contributed by atoms with Crippen LogP contribution in [0.25, 0.3) is 0 Å². The van der Waals surface area contributed by atoms with Crippen molar-refractivity contribution in [3.63, 3.8) is 0 Å². The van der Waals surface area contributed by atoms with Crippen molar-refractivity contribution in [2.45, 2.75) is 6.54 Å². The lowest BCUT2D eigenvalue weighted by atomic mass is 10.2. The van der Waals surface area contributed by atoms with Crippen LogP contribution in [0, 0.1) is 5.82 Å². The third-order valence-electron chi connectivity index (χ3n) is 2.32. The van der Waals surface area contributed by atoms with E-state index in [-0.39, 0.29) is 5.82 Å². The molecule has 0 fully saturated rings. The van der Waals surface area contributed by atoms with Gasteiger partial charge < -0.3 is 10.5 Å². The molecule has 0 amide bonds. The number of nitrogens with two attached hydrogens (primary N) is 1. The van der Waals surface area contributed by atoms with Crippen molar-refractivity contribution < 1.29 is 9.13 Å². The quantitative estimate of drug-likeness (QED) is 0.934. The molecule has 2 nitrogen and oxygen atoms in total. The molecule has 4 heteroatoms. The first-order chi connectivity index (χ1) is 8.20. The van der Waals surface area contributed by atoms with E-state index < -0.39 is 0 Å². The standard InChI is InChI=1S/C13H11BrFNO/c14-12-2-1-3-13(11(12)8-16)17-10-6-4-9(15)5-7-10/h1-7H,8,16H2. The van der Waals surface area contributed by atoms with Crippen LogP contribution in [0.1, 0.15) is 5.56 Å². The highest BCUT2D eigenvalue weighted by Gasteiger charge is 2.07. The van der Waals surface area contributed by atoms with Gasteiger partial charge in [-0.1, -0.05) is 22.0 Å². The molecule has 0 saturated heterocycles. The Balaban J connectivity index is 2.29. The Morgan fingerprint density at radius 1 is 1.12 bits per heavy atom. The van der Waals surface area contributed by atoms with Gasteiger partial charge in [0.15, 0.2) is 0 Å². The summed E-state index contributed by atoms with van der Waals surface area (Å²) in [4.78, 5) is 0. The lowest BCUT2D eigenvalue weighted by molar-refractivity contribution is 0.474. The van der Waals surface area contributed by atoms with Gasteiger partial charge in [0, 0.05) is 16.6 Å². The SMILES string of the molecule is NCc1c(Br)cccc1Oc1ccc(F)cc1. The van der Waals surface area contributed by atoms with Crippen molar-refractivity contribution in [1.29, 1.82) is 0 Å². The largest absolute Gasteiger partial charge is 0.457 e. The van der Waals surface area contributed by atoms with Gasteiger partial charge in [-0.05, 0) is 36.4 Å². The molecular formula is C13H11BrFNO. The molecule has 2 aromatic rings. The fourth-order valence-corrected chi connectivity index (χ4v) is 1.97. The van der Waals surface area contributed by atoms with Crippen LogP contribution in [0.2, 0.25) is 0 Å². The van der Waals surface area contributed by atoms with E-state index in [1.807, 2.05) is 18.2 Å². The average Bonchev–Trinajstić information content (AvgIpc) is 2.32. The predicted octanol–water partition coefficient (Wildman–Crippen LogP) is 3.84. The zero-order valence-corrected chi connectivity index (χ0v) is 10.6. The third-order valence-corrected chi connectivity index (χ3v) is 3.06.